The first-order valence-corrected chi connectivity index (χ1v) is 7.04. The lowest BCUT2D eigenvalue weighted by Gasteiger charge is -2.24. The molecule has 1 aromatic carbocycles. The fourth-order valence-electron chi connectivity index (χ4n) is 2.14. The highest BCUT2D eigenvalue weighted by molar-refractivity contribution is 5.70. The second-order valence-corrected chi connectivity index (χ2v) is 5.98. The molecule has 0 unspecified atom stereocenters. The Hall–Kier alpha value is -1.39. The van der Waals surface area contributed by atoms with Crippen LogP contribution >= 0.6 is 0 Å². The van der Waals surface area contributed by atoms with E-state index in [-0.39, 0.29) is 18.4 Å². The minimum absolute atomic E-state index is 0.0713. The molecule has 0 bridgehead atoms. The van der Waals surface area contributed by atoms with E-state index in [9.17, 15) is 4.79 Å². The highest BCUT2D eigenvalue weighted by atomic mass is 16.4. The molecule has 0 aliphatic rings. The van der Waals surface area contributed by atoms with Crippen molar-refractivity contribution in [3.63, 3.8) is 0 Å². The quantitative estimate of drug-likeness (QED) is 0.648. The van der Waals surface area contributed by atoms with Crippen LogP contribution in [-0.4, -0.2) is 29.3 Å². The number of hydrogen-bond donors (Lipinski definition) is 3. The standard InChI is InChI=1S/C16H25NO3/c1-16(2,8-3-9-18)12-17-11-14-6-4-13(5-7-14)10-15(19)20/h4-7,17-18H,3,8-12H2,1-2H3,(H,19,20). The van der Waals surface area contributed by atoms with E-state index in [0.717, 1.165) is 37.1 Å². The van der Waals surface area contributed by atoms with Gasteiger partial charge < -0.3 is 15.5 Å². The third-order valence-corrected chi connectivity index (χ3v) is 3.32. The van der Waals surface area contributed by atoms with Crippen LogP contribution in [-0.2, 0) is 17.8 Å². The SMILES string of the molecule is CC(C)(CCCO)CNCc1ccc(CC(=O)O)cc1. The van der Waals surface area contributed by atoms with E-state index < -0.39 is 5.97 Å². The number of hydrogen-bond acceptors (Lipinski definition) is 3. The van der Waals surface area contributed by atoms with Crippen LogP contribution in [0.5, 0.6) is 0 Å². The van der Waals surface area contributed by atoms with Gasteiger partial charge in [-0.2, -0.15) is 0 Å². The lowest BCUT2D eigenvalue weighted by atomic mass is 9.88. The molecule has 4 nitrogen and oxygen atoms in total. The van der Waals surface area contributed by atoms with E-state index in [4.69, 9.17) is 10.2 Å². The topological polar surface area (TPSA) is 69.6 Å². The molecule has 0 saturated carbocycles. The van der Waals surface area contributed by atoms with Crippen molar-refractivity contribution in [1.82, 2.24) is 5.32 Å². The molecule has 4 heteroatoms. The second kappa shape index (κ2) is 8.02. The van der Waals surface area contributed by atoms with Crippen molar-refractivity contribution in [2.75, 3.05) is 13.2 Å². The molecule has 0 spiro atoms. The van der Waals surface area contributed by atoms with Gasteiger partial charge in [-0.25, -0.2) is 0 Å². The van der Waals surface area contributed by atoms with Gasteiger partial charge in [-0.05, 0) is 29.4 Å². The van der Waals surface area contributed by atoms with Crippen molar-refractivity contribution in [1.29, 1.82) is 0 Å². The normalized spacial score (nSPS) is 11.6. The lowest BCUT2D eigenvalue weighted by Crippen LogP contribution is -2.29. The van der Waals surface area contributed by atoms with Gasteiger partial charge in [0.15, 0.2) is 0 Å². The van der Waals surface area contributed by atoms with Crippen LogP contribution in [0.1, 0.15) is 37.8 Å². The Kier molecular flexibility index (Phi) is 6.68. The fourth-order valence-corrected chi connectivity index (χ4v) is 2.14. The summed E-state index contributed by atoms with van der Waals surface area (Å²) in [5.41, 5.74) is 2.15. The third kappa shape index (κ3) is 6.68. The van der Waals surface area contributed by atoms with Gasteiger partial charge in [-0.3, -0.25) is 4.79 Å². The molecule has 0 amide bonds. The number of carbonyl (C=O) groups is 1. The Labute approximate surface area is 120 Å². The Morgan fingerprint density at radius 1 is 1.20 bits per heavy atom. The van der Waals surface area contributed by atoms with Crippen LogP contribution in [0.15, 0.2) is 24.3 Å². The van der Waals surface area contributed by atoms with Crippen LogP contribution in [0, 0.1) is 5.41 Å². The van der Waals surface area contributed by atoms with E-state index in [2.05, 4.69) is 19.2 Å². The van der Waals surface area contributed by atoms with Crippen molar-refractivity contribution < 1.29 is 15.0 Å². The van der Waals surface area contributed by atoms with Crippen molar-refractivity contribution in [2.24, 2.45) is 5.41 Å². The predicted octanol–water partition coefficient (Wildman–Crippen LogP) is 2.20. The first-order chi connectivity index (χ1) is 9.43. The van der Waals surface area contributed by atoms with Crippen LogP contribution in [0.3, 0.4) is 0 Å². The number of carboxylic acid groups (broad SMARTS) is 1. The van der Waals surface area contributed by atoms with Crippen LogP contribution in [0.4, 0.5) is 0 Å². The molecule has 20 heavy (non-hydrogen) atoms. The highest BCUT2D eigenvalue weighted by Crippen LogP contribution is 2.20. The zero-order valence-corrected chi connectivity index (χ0v) is 12.4. The van der Waals surface area contributed by atoms with Crippen LogP contribution in [0.2, 0.25) is 0 Å². The summed E-state index contributed by atoms with van der Waals surface area (Å²) in [6.07, 6.45) is 1.90. The summed E-state index contributed by atoms with van der Waals surface area (Å²) in [6.45, 7) is 6.28. The lowest BCUT2D eigenvalue weighted by molar-refractivity contribution is -0.136. The molecule has 0 fully saturated rings. The zero-order valence-electron chi connectivity index (χ0n) is 12.4. The predicted molar refractivity (Wildman–Crippen MR) is 79.6 cm³/mol. The van der Waals surface area contributed by atoms with Gasteiger partial charge in [-0.1, -0.05) is 38.1 Å². The van der Waals surface area contributed by atoms with Gasteiger partial charge in [-0.15, -0.1) is 0 Å². The molecule has 0 aliphatic carbocycles. The van der Waals surface area contributed by atoms with E-state index in [1.54, 1.807) is 0 Å². The first-order valence-electron chi connectivity index (χ1n) is 7.04. The summed E-state index contributed by atoms with van der Waals surface area (Å²) in [7, 11) is 0. The molecule has 112 valence electrons. The largest absolute Gasteiger partial charge is 0.481 e. The maximum atomic E-state index is 10.6. The van der Waals surface area contributed by atoms with E-state index in [0.29, 0.717) is 0 Å². The Balaban J connectivity index is 2.36. The summed E-state index contributed by atoms with van der Waals surface area (Å²) in [5.74, 6) is -0.804. The van der Waals surface area contributed by atoms with Crippen molar-refractivity contribution in [3.05, 3.63) is 35.4 Å². The third-order valence-electron chi connectivity index (χ3n) is 3.32. The van der Waals surface area contributed by atoms with E-state index >= 15 is 0 Å². The summed E-state index contributed by atoms with van der Waals surface area (Å²) in [6, 6.07) is 7.65. The van der Waals surface area contributed by atoms with Crippen molar-refractivity contribution >= 4 is 5.97 Å². The first kappa shape index (κ1) is 16.7. The summed E-state index contributed by atoms with van der Waals surface area (Å²) in [4.78, 5) is 10.6. The summed E-state index contributed by atoms with van der Waals surface area (Å²) < 4.78 is 0. The molecular weight excluding hydrogens is 254 g/mol. The summed E-state index contributed by atoms with van der Waals surface area (Å²) >= 11 is 0. The molecule has 0 aliphatic heterocycles. The van der Waals surface area contributed by atoms with Crippen molar-refractivity contribution in [3.8, 4) is 0 Å². The monoisotopic (exact) mass is 279 g/mol. The van der Waals surface area contributed by atoms with Gasteiger partial charge in [0.1, 0.15) is 0 Å². The van der Waals surface area contributed by atoms with E-state index in [1.165, 1.54) is 0 Å². The number of rotatable bonds is 9. The number of nitrogens with one attached hydrogen (secondary N) is 1. The minimum Gasteiger partial charge on any atom is -0.481 e. The fraction of sp³-hybridized carbons (Fsp3) is 0.562. The van der Waals surface area contributed by atoms with Gasteiger partial charge in [0, 0.05) is 19.7 Å². The number of aliphatic carboxylic acids is 1. The molecule has 0 aromatic heterocycles. The van der Waals surface area contributed by atoms with Gasteiger partial charge >= 0.3 is 5.97 Å². The second-order valence-electron chi connectivity index (χ2n) is 5.98. The molecule has 0 heterocycles. The Bertz CT molecular complexity index is 412. The number of aliphatic hydroxyl groups is 1. The average molecular weight is 279 g/mol. The van der Waals surface area contributed by atoms with Gasteiger partial charge in [0.05, 0.1) is 6.42 Å². The maximum absolute atomic E-state index is 10.6. The zero-order chi connectivity index (χ0) is 15.0. The molecular formula is C16H25NO3. The average Bonchev–Trinajstić information content (AvgIpc) is 2.38. The van der Waals surface area contributed by atoms with Gasteiger partial charge in [0.2, 0.25) is 0 Å². The smallest absolute Gasteiger partial charge is 0.307 e. The molecule has 0 atom stereocenters. The summed E-state index contributed by atoms with van der Waals surface area (Å²) in [5, 5.41) is 21.0. The number of benzene rings is 1. The van der Waals surface area contributed by atoms with E-state index in [1.807, 2.05) is 24.3 Å². The van der Waals surface area contributed by atoms with Crippen molar-refractivity contribution in [2.45, 2.75) is 39.7 Å². The molecule has 0 saturated heterocycles. The Morgan fingerprint density at radius 2 is 1.80 bits per heavy atom. The maximum Gasteiger partial charge on any atom is 0.307 e. The number of aliphatic hydroxyl groups excluding tert-OH is 1. The highest BCUT2D eigenvalue weighted by Gasteiger charge is 2.16. The molecule has 1 rings (SSSR count). The van der Waals surface area contributed by atoms with Gasteiger partial charge in [0.25, 0.3) is 0 Å². The molecule has 0 radical (unpaired) electrons. The van der Waals surface area contributed by atoms with Crippen LogP contribution in [0.25, 0.3) is 0 Å². The Morgan fingerprint density at radius 3 is 2.35 bits per heavy atom. The molecule has 1 aromatic rings. The molecule has 3 N–H and O–H groups in total. The minimum atomic E-state index is -0.804. The van der Waals surface area contributed by atoms with Crippen LogP contribution < -0.4 is 5.32 Å². The number of carboxylic acids is 1.